The zero-order valence-corrected chi connectivity index (χ0v) is 17.5. The van der Waals surface area contributed by atoms with E-state index in [1.165, 1.54) is 31.3 Å². The molecule has 2 saturated heterocycles. The molecule has 6 nitrogen and oxygen atoms in total. The lowest BCUT2D eigenvalue weighted by Crippen LogP contribution is -2.39. The zero-order chi connectivity index (χ0) is 20.2. The molecule has 0 bridgehead atoms. The maximum atomic E-state index is 12.8. The second-order valence-corrected chi connectivity index (χ2v) is 8.63. The summed E-state index contributed by atoms with van der Waals surface area (Å²) in [6, 6.07) is 10.2. The van der Waals surface area contributed by atoms with Crippen LogP contribution in [0.2, 0.25) is 0 Å². The first-order chi connectivity index (χ1) is 14.1. The lowest BCUT2D eigenvalue weighted by Gasteiger charge is -2.32. The van der Waals surface area contributed by atoms with Crippen molar-refractivity contribution < 1.29 is 4.79 Å². The van der Waals surface area contributed by atoms with E-state index in [1.807, 2.05) is 4.90 Å². The summed E-state index contributed by atoms with van der Waals surface area (Å²) in [6.45, 7) is 8.40. The molecule has 0 radical (unpaired) electrons. The van der Waals surface area contributed by atoms with E-state index >= 15 is 0 Å². The number of nitrogens with zero attached hydrogens (tertiary/aromatic N) is 4. The highest BCUT2D eigenvalue weighted by atomic mass is 16.2. The zero-order valence-electron chi connectivity index (χ0n) is 17.5. The molecule has 0 spiro atoms. The van der Waals surface area contributed by atoms with Crippen LogP contribution in [0.5, 0.6) is 0 Å². The Morgan fingerprint density at radius 2 is 1.76 bits per heavy atom. The molecule has 4 rings (SSSR count). The van der Waals surface area contributed by atoms with Gasteiger partial charge in [0.15, 0.2) is 0 Å². The Labute approximate surface area is 173 Å². The van der Waals surface area contributed by atoms with E-state index in [4.69, 9.17) is 0 Å². The van der Waals surface area contributed by atoms with Crippen LogP contribution in [-0.4, -0.2) is 47.0 Å². The molecule has 3 heterocycles. The van der Waals surface area contributed by atoms with Crippen LogP contribution >= 0.6 is 0 Å². The van der Waals surface area contributed by atoms with Gasteiger partial charge in [-0.25, -0.2) is 9.97 Å². The molecule has 2 fully saturated rings. The van der Waals surface area contributed by atoms with Crippen LogP contribution in [0.25, 0.3) is 0 Å². The Morgan fingerprint density at radius 3 is 2.48 bits per heavy atom. The van der Waals surface area contributed by atoms with E-state index in [0.29, 0.717) is 17.4 Å². The molecule has 154 valence electrons. The van der Waals surface area contributed by atoms with E-state index < -0.39 is 0 Å². The molecule has 1 aromatic heterocycles. The van der Waals surface area contributed by atoms with Crippen molar-refractivity contribution in [2.24, 2.45) is 11.8 Å². The Bertz CT molecular complexity index is 829. The smallest absolute Gasteiger partial charge is 0.272 e. The standard InChI is InChI=1S/C23H31N5O/c1-17-9-12-27(13-10-17)20-7-5-19(6-8-20)26-22-14-21(24-16-25-22)23(29)28-11-3-4-18(2)15-28/h5-8,14,16-18H,3-4,9-13,15H2,1-2H3,(H,24,25,26). The summed E-state index contributed by atoms with van der Waals surface area (Å²) in [4.78, 5) is 25.7. The maximum absolute atomic E-state index is 12.8. The van der Waals surface area contributed by atoms with Gasteiger partial charge < -0.3 is 15.1 Å². The average Bonchev–Trinajstić information content (AvgIpc) is 2.75. The number of rotatable bonds is 4. The van der Waals surface area contributed by atoms with Gasteiger partial charge in [-0.1, -0.05) is 13.8 Å². The van der Waals surface area contributed by atoms with E-state index in [9.17, 15) is 4.79 Å². The van der Waals surface area contributed by atoms with Gasteiger partial charge in [0.1, 0.15) is 17.8 Å². The highest BCUT2D eigenvalue weighted by molar-refractivity contribution is 5.93. The number of amides is 1. The lowest BCUT2D eigenvalue weighted by atomic mass is 9.99. The van der Waals surface area contributed by atoms with Crippen molar-refractivity contribution in [1.82, 2.24) is 14.9 Å². The molecule has 29 heavy (non-hydrogen) atoms. The molecule has 2 aliphatic rings. The van der Waals surface area contributed by atoms with Crippen molar-refractivity contribution in [3.63, 3.8) is 0 Å². The van der Waals surface area contributed by atoms with Gasteiger partial charge in [-0.05, 0) is 61.8 Å². The summed E-state index contributed by atoms with van der Waals surface area (Å²) in [5, 5.41) is 3.31. The number of hydrogen-bond donors (Lipinski definition) is 1. The molecular formula is C23H31N5O. The fraction of sp³-hybridized carbons (Fsp3) is 0.522. The summed E-state index contributed by atoms with van der Waals surface area (Å²) in [5.41, 5.74) is 2.68. The first-order valence-corrected chi connectivity index (χ1v) is 10.8. The molecule has 1 amide bonds. The Morgan fingerprint density at radius 1 is 1.00 bits per heavy atom. The highest BCUT2D eigenvalue weighted by Crippen LogP contribution is 2.25. The van der Waals surface area contributed by atoms with Crippen molar-refractivity contribution in [2.45, 2.75) is 39.5 Å². The third-order valence-electron chi connectivity index (χ3n) is 6.12. The third-order valence-corrected chi connectivity index (χ3v) is 6.12. The number of likely N-dealkylation sites (tertiary alicyclic amines) is 1. The minimum absolute atomic E-state index is 0.00308. The van der Waals surface area contributed by atoms with Gasteiger partial charge in [0.2, 0.25) is 0 Å². The predicted molar refractivity (Wildman–Crippen MR) is 117 cm³/mol. The van der Waals surface area contributed by atoms with E-state index in [0.717, 1.165) is 44.2 Å². The minimum atomic E-state index is -0.00308. The van der Waals surface area contributed by atoms with Gasteiger partial charge in [0, 0.05) is 43.6 Å². The van der Waals surface area contributed by atoms with Crippen LogP contribution in [0.3, 0.4) is 0 Å². The fourth-order valence-electron chi connectivity index (χ4n) is 4.25. The number of carbonyl (C=O) groups is 1. The molecule has 1 atom stereocenters. The number of nitrogens with one attached hydrogen (secondary N) is 1. The summed E-state index contributed by atoms with van der Waals surface area (Å²) >= 11 is 0. The number of piperidine rings is 2. The van der Waals surface area contributed by atoms with Gasteiger partial charge in [-0.15, -0.1) is 0 Å². The number of carbonyl (C=O) groups excluding carboxylic acids is 1. The molecular weight excluding hydrogens is 362 g/mol. The average molecular weight is 394 g/mol. The van der Waals surface area contributed by atoms with Crippen LogP contribution < -0.4 is 10.2 Å². The Hall–Kier alpha value is -2.63. The SMILES string of the molecule is CC1CCN(c2ccc(Nc3cc(C(=O)N4CCCC(C)C4)ncn3)cc2)CC1. The van der Waals surface area contributed by atoms with Crippen molar-refractivity contribution in [3.05, 3.63) is 42.4 Å². The van der Waals surface area contributed by atoms with Crippen LogP contribution in [0.1, 0.15) is 50.0 Å². The molecule has 1 aromatic carbocycles. The van der Waals surface area contributed by atoms with E-state index in [2.05, 4.69) is 58.3 Å². The fourth-order valence-corrected chi connectivity index (χ4v) is 4.25. The van der Waals surface area contributed by atoms with Gasteiger partial charge in [-0.3, -0.25) is 4.79 Å². The van der Waals surface area contributed by atoms with Crippen molar-refractivity contribution >= 4 is 23.1 Å². The second-order valence-electron chi connectivity index (χ2n) is 8.63. The van der Waals surface area contributed by atoms with Crippen LogP contribution in [0.15, 0.2) is 36.7 Å². The van der Waals surface area contributed by atoms with Crippen LogP contribution in [0.4, 0.5) is 17.2 Å². The second kappa shape index (κ2) is 8.80. The normalized spacial score (nSPS) is 20.6. The van der Waals surface area contributed by atoms with Gasteiger partial charge in [0.05, 0.1) is 0 Å². The third kappa shape index (κ3) is 4.86. The number of benzene rings is 1. The molecule has 2 aliphatic heterocycles. The highest BCUT2D eigenvalue weighted by Gasteiger charge is 2.23. The molecule has 0 aliphatic carbocycles. The molecule has 6 heteroatoms. The van der Waals surface area contributed by atoms with Crippen molar-refractivity contribution in [3.8, 4) is 0 Å². The monoisotopic (exact) mass is 393 g/mol. The Kier molecular flexibility index (Phi) is 5.97. The minimum Gasteiger partial charge on any atom is -0.372 e. The number of aromatic nitrogens is 2. The summed E-state index contributed by atoms with van der Waals surface area (Å²) in [7, 11) is 0. The van der Waals surface area contributed by atoms with E-state index in [-0.39, 0.29) is 5.91 Å². The topological polar surface area (TPSA) is 61.4 Å². The molecule has 0 saturated carbocycles. The first-order valence-electron chi connectivity index (χ1n) is 10.8. The first kappa shape index (κ1) is 19.7. The van der Waals surface area contributed by atoms with Gasteiger partial charge >= 0.3 is 0 Å². The van der Waals surface area contributed by atoms with Crippen LogP contribution in [0, 0.1) is 11.8 Å². The molecule has 1 N–H and O–H groups in total. The number of hydrogen-bond acceptors (Lipinski definition) is 5. The number of anilines is 3. The quantitative estimate of drug-likeness (QED) is 0.838. The van der Waals surface area contributed by atoms with Crippen LogP contribution in [-0.2, 0) is 0 Å². The van der Waals surface area contributed by atoms with Crippen molar-refractivity contribution in [2.75, 3.05) is 36.4 Å². The molecule has 1 unspecified atom stereocenters. The van der Waals surface area contributed by atoms with Gasteiger partial charge in [0.25, 0.3) is 5.91 Å². The summed E-state index contributed by atoms with van der Waals surface area (Å²) in [6.07, 6.45) is 6.23. The Balaban J connectivity index is 1.40. The van der Waals surface area contributed by atoms with Crippen molar-refractivity contribution in [1.29, 1.82) is 0 Å². The van der Waals surface area contributed by atoms with Gasteiger partial charge in [-0.2, -0.15) is 0 Å². The summed E-state index contributed by atoms with van der Waals surface area (Å²) in [5.74, 6) is 2.02. The molecule has 2 aromatic rings. The largest absolute Gasteiger partial charge is 0.372 e. The summed E-state index contributed by atoms with van der Waals surface area (Å²) < 4.78 is 0. The predicted octanol–water partition coefficient (Wildman–Crippen LogP) is 4.33. The maximum Gasteiger partial charge on any atom is 0.272 e. The van der Waals surface area contributed by atoms with E-state index in [1.54, 1.807) is 6.07 Å². The lowest BCUT2D eigenvalue weighted by molar-refractivity contribution is 0.0677.